The molecular weight excluding hydrogens is 1200 g/mol. The monoisotopic (exact) mass is 1250 g/mol. The molecule has 2 atom stereocenters. The number of carbonyl (C=O) groups is 5. The summed E-state index contributed by atoms with van der Waals surface area (Å²) in [4.78, 5) is 82.9. The van der Waals surface area contributed by atoms with E-state index < -0.39 is 65.6 Å². The third kappa shape index (κ3) is 14.2. The molecule has 88 heavy (non-hydrogen) atoms. The molecule has 2 amide bonds. The lowest BCUT2D eigenvalue weighted by molar-refractivity contribution is -0.670. The largest absolute Gasteiger partial charge is 0.542 e. The quantitative estimate of drug-likeness (QED) is 0.0130. The number of aromatic nitrogens is 3. The maximum absolute atomic E-state index is 14.9. The number of hydrogen-bond acceptors (Lipinski definition) is 18. The third-order valence-corrected chi connectivity index (χ3v) is 16.8. The number of pyridine rings is 1. The molecule has 18 nitrogen and oxygen atoms in total. The number of aryl methyl sites for hydroxylation is 1. The van der Waals surface area contributed by atoms with Gasteiger partial charge in [0.05, 0.1) is 7.11 Å². The predicted molar refractivity (Wildman–Crippen MR) is 320 cm³/mol. The number of fused-ring (bicyclic) bond motifs is 2. The number of benzene rings is 6. The zero-order chi connectivity index (χ0) is 61.8. The lowest BCUT2D eigenvalue weighted by Crippen LogP contribution is -2.71. The first kappa shape index (κ1) is 61.3. The Morgan fingerprint density at radius 1 is 0.818 bits per heavy atom. The highest BCUT2D eigenvalue weighted by atomic mass is 32.2. The molecule has 2 N–H and O–H groups in total. The molecule has 448 valence electrons. The number of carboxylic acid groups (broad SMARTS) is 1. The van der Waals surface area contributed by atoms with E-state index >= 15 is 0 Å². The minimum atomic E-state index is -5.19. The molecule has 5 heterocycles. The summed E-state index contributed by atoms with van der Waals surface area (Å²) in [6.45, 7) is -0.749. The van der Waals surface area contributed by atoms with Crippen molar-refractivity contribution in [3.8, 4) is 5.75 Å². The number of amides is 2. The van der Waals surface area contributed by atoms with Crippen LogP contribution in [0.25, 0.3) is 11.1 Å². The number of halogens is 3. The number of thioether (sulfide) groups is 2. The number of nitrogens with one attached hydrogen (secondary N) is 2. The molecule has 0 spiro atoms. The Morgan fingerprint density at radius 3 is 1.94 bits per heavy atom. The number of rotatable bonds is 21. The van der Waals surface area contributed by atoms with Gasteiger partial charge >= 0.3 is 18.1 Å². The number of hydrogen-bond donors (Lipinski definition) is 2. The number of β-lactam (4-membered cyclic amide) rings is 1. The first-order valence-corrected chi connectivity index (χ1v) is 29.9. The van der Waals surface area contributed by atoms with Crippen LogP contribution in [0.1, 0.15) is 45.2 Å². The number of methoxy groups -OCH3 is 1. The number of oxazole rings is 1. The molecule has 0 bridgehead atoms. The zero-order valence-corrected chi connectivity index (χ0v) is 49.1. The minimum Gasteiger partial charge on any atom is -0.542 e. The lowest BCUT2D eigenvalue weighted by Gasteiger charge is -2.49. The molecular formula is C64H52F3N7O11S3. The fourth-order valence-electron chi connectivity index (χ4n) is 9.58. The van der Waals surface area contributed by atoms with Crippen LogP contribution in [-0.2, 0) is 57.5 Å². The van der Waals surface area contributed by atoms with Crippen molar-refractivity contribution < 1.29 is 70.3 Å². The first-order chi connectivity index (χ1) is 42.6. The van der Waals surface area contributed by atoms with Crippen molar-refractivity contribution in [2.75, 3.05) is 30.5 Å². The van der Waals surface area contributed by atoms with Crippen LogP contribution in [0.5, 0.6) is 5.75 Å². The fourth-order valence-corrected chi connectivity index (χ4v) is 12.7. The number of carboxylic acids is 1. The van der Waals surface area contributed by atoms with Crippen LogP contribution in [0.4, 0.5) is 18.3 Å². The third-order valence-electron chi connectivity index (χ3n) is 13.8. The molecule has 0 aliphatic carbocycles. The van der Waals surface area contributed by atoms with Crippen molar-refractivity contribution in [1.82, 2.24) is 20.2 Å². The summed E-state index contributed by atoms with van der Waals surface area (Å²) < 4.78 is 56.6. The molecule has 11 rings (SSSR count). The van der Waals surface area contributed by atoms with E-state index in [4.69, 9.17) is 38.4 Å². The van der Waals surface area contributed by atoms with Gasteiger partial charge in [0.15, 0.2) is 40.4 Å². The number of anilines is 1. The first-order valence-electron chi connectivity index (χ1n) is 26.9. The van der Waals surface area contributed by atoms with Crippen LogP contribution in [0.2, 0.25) is 0 Å². The van der Waals surface area contributed by atoms with Crippen molar-refractivity contribution in [3.63, 3.8) is 0 Å². The number of nitrogens with zero attached hydrogens (tertiary/aromatic N) is 5. The summed E-state index contributed by atoms with van der Waals surface area (Å²) in [5.41, 5.74) is 5.76. The fraction of sp³-hybridized carbons (Fsp3) is 0.172. The number of aliphatic carboxylic acids is 1. The molecule has 1 saturated heterocycles. The van der Waals surface area contributed by atoms with Gasteiger partial charge in [-0.15, -0.1) is 23.1 Å². The number of thiazole rings is 1. The van der Waals surface area contributed by atoms with Gasteiger partial charge in [-0.2, -0.15) is 18.2 Å². The zero-order valence-electron chi connectivity index (χ0n) is 46.7. The number of carbonyl (C=O) groups excluding carboxylic acids is 5. The summed E-state index contributed by atoms with van der Waals surface area (Å²) in [5, 5.41) is 21.4. The highest BCUT2D eigenvalue weighted by Crippen LogP contribution is 2.44. The Labute approximate surface area is 514 Å². The van der Waals surface area contributed by atoms with E-state index in [1.807, 2.05) is 182 Å². The Morgan fingerprint density at radius 2 is 1.39 bits per heavy atom. The number of oxime groups is 1. The molecule has 24 heteroatoms. The van der Waals surface area contributed by atoms with Gasteiger partial charge in [-0.1, -0.05) is 181 Å². The van der Waals surface area contributed by atoms with Crippen LogP contribution in [0.15, 0.2) is 226 Å². The van der Waals surface area contributed by atoms with E-state index in [1.54, 1.807) is 36.8 Å². The second-order valence-electron chi connectivity index (χ2n) is 19.6. The summed E-state index contributed by atoms with van der Waals surface area (Å²) >= 11 is 3.90. The normalized spacial score (nSPS) is 14.9. The van der Waals surface area contributed by atoms with Gasteiger partial charge in [-0.3, -0.25) is 14.5 Å². The Bertz CT molecular complexity index is 3860. The van der Waals surface area contributed by atoms with Gasteiger partial charge in [-0.25, -0.2) is 19.1 Å². The molecule has 2 aliphatic rings. The standard InChI is InChI=1S/C62H51N7O9S3.C2HF3O2/c1-68-33-32-50-48(34-68)64-61(77-50)81-38-43-37-79-58-53(57(72)69(58)54(43)59(73)75-35-40-28-30-47(74-2)31-29-40)65-56(71)52(67-76-36-51(70)78-55(41-18-8-3-9-19-41)42-20-10-4-11-21-42)49-39-80-60(63-49)66-62(44-22-12-5-13-23-44,45-24-14-6-15-25-45)46-26-16-7-17-27-46;3-2(4,5)1(6)7/h3-34,39,53,55,58H,35-38H2,1-2H3,(H-,63,65,66,71);(H,6,7)/b67-52-;/t53?,58-;/m0./s1. The van der Waals surface area contributed by atoms with E-state index in [1.165, 1.54) is 39.8 Å². The molecule has 3 aromatic heterocycles. The number of alkyl halides is 3. The van der Waals surface area contributed by atoms with Crippen molar-refractivity contribution >= 4 is 86.5 Å². The Hall–Kier alpha value is -9.78. The minimum absolute atomic E-state index is 0.0743. The van der Waals surface area contributed by atoms with E-state index in [0.717, 1.165) is 27.8 Å². The molecule has 9 aromatic rings. The maximum Gasteiger partial charge on any atom is 0.430 e. The van der Waals surface area contributed by atoms with Crippen molar-refractivity contribution in [2.45, 2.75) is 41.1 Å². The van der Waals surface area contributed by atoms with E-state index in [9.17, 15) is 32.3 Å². The topological polar surface area (TPSA) is 228 Å². The maximum atomic E-state index is 14.9. The number of ether oxygens (including phenoxy) is 3. The Balaban J connectivity index is 0.00000115. The van der Waals surface area contributed by atoms with Gasteiger partial charge in [0, 0.05) is 23.0 Å². The molecule has 6 aromatic carbocycles. The van der Waals surface area contributed by atoms with Crippen molar-refractivity contribution in [1.29, 1.82) is 0 Å². The summed E-state index contributed by atoms with van der Waals surface area (Å²) in [6, 6.07) is 56.4. The highest BCUT2D eigenvalue weighted by Gasteiger charge is 2.55. The van der Waals surface area contributed by atoms with Gasteiger partial charge < -0.3 is 44.0 Å². The molecule has 1 fully saturated rings. The van der Waals surface area contributed by atoms with Gasteiger partial charge in [0.2, 0.25) is 6.61 Å². The Kier molecular flexibility index (Phi) is 19.3. The molecule has 2 aliphatic heterocycles. The average Bonchev–Trinajstić information content (AvgIpc) is 0.897. The second-order valence-corrected chi connectivity index (χ2v) is 22.5. The van der Waals surface area contributed by atoms with Crippen LogP contribution in [0, 0.1) is 0 Å². The second kappa shape index (κ2) is 27.7. The number of esters is 2. The van der Waals surface area contributed by atoms with Crippen molar-refractivity contribution in [2.24, 2.45) is 12.2 Å². The van der Waals surface area contributed by atoms with Crippen molar-refractivity contribution in [3.05, 3.63) is 250 Å². The lowest BCUT2D eigenvalue weighted by atomic mass is 9.77. The predicted octanol–water partition coefficient (Wildman–Crippen LogP) is 9.06. The SMILES string of the molecule is COc1ccc(COC(=O)C2=C(CSc3nc4c[n+](C)ccc4o3)CS[C@H]3C(NC(=O)/C(=N\OCC(=O)OC(c4ccccc4)c4ccccc4)c4csc(NC(c5ccccc5)(c5ccccc5)c5ccccc5)n4)C(=O)N23)cc1.O=C([O-])C(F)(F)F. The van der Waals surface area contributed by atoms with Crippen LogP contribution in [-0.4, -0.2) is 93.1 Å². The summed E-state index contributed by atoms with van der Waals surface area (Å²) in [7, 11) is 3.46. The summed E-state index contributed by atoms with van der Waals surface area (Å²) in [6.07, 6.45) is -2.25. The smallest absolute Gasteiger partial charge is 0.430 e. The molecule has 0 saturated carbocycles. The van der Waals surface area contributed by atoms with Gasteiger partial charge in [0.25, 0.3) is 17.0 Å². The molecule has 0 radical (unpaired) electrons. The van der Waals surface area contributed by atoms with E-state index in [2.05, 4.69) is 20.8 Å². The van der Waals surface area contributed by atoms with Gasteiger partial charge in [0.1, 0.15) is 53.7 Å². The van der Waals surface area contributed by atoms with E-state index in [-0.39, 0.29) is 29.5 Å². The van der Waals surface area contributed by atoms with Crippen LogP contribution in [0.3, 0.4) is 0 Å². The van der Waals surface area contributed by atoms with Crippen LogP contribution < -0.4 is 25.0 Å². The van der Waals surface area contributed by atoms with Gasteiger partial charge in [-0.05, 0) is 51.1 Å². The van der Waals surface area contributed by atoms with Crippen LogP contribution >= 0.6 is 34.9 Å². The summed E-state index contributed by atoms with van der Waals surface area (Å²) in [5.74, 6) is -4.63. The van der Waals surface area contributed by atoms with E-state index in [0.29, 0.717) is 44.1 Å². The molecule has 1 unspecified atom stereocenters. The average molecular weight is 1250 g/mol. The highest BCUT2D eigenvalue weighted by molar-refractivity contribution is 8.01.